The summed E-state index contributed by atoms with van der Waals surface area (Å²) in [4.78, 5) is 48.0. The van der Waals surface area contributed by atoms with E-state index in [9.17, 15) is 22.8 Å². The van der Waals surface area contributed by atoms with Gasteiger partial charge in [0.05, 0.1) is 23.3 Å². The molecule has 0 spiro atoms. The fourth-order valence-electron chi connectivity index (χ4n) is 4.40. The molecule has 11 heteroatoms. The van der Waals surface area contributed by atoms with Crippen LogP contribution in [0.3, 0.4) is 0 Å². The Balaban J connectivity index is 1.35. The summed E-state index contributed by atoms with van der Waals surface area (Å²) in [5.74, 6) is -0.593. The first kappa shape index (κ1) is 22.9. The molecule has 3 heterocycles. The number of esters is 1. The highest BCUT2D eigenvalue weighted by molar-refractivity contribution is 7.91. The van der Waals surface area contributed by atoms with Crippen molar-refractivity contribution >= 4 is 43.3 Å². The number of aromatic nitrogens is 2. The molecule has 4 rings (SSSR count). The van der Waals surface area contributed by atoms with Crippen molar-refractivity contribution in [1.29, 1.82) is 0 Å². The van der Waals surface area contributed by atoms with Gasteiger partial charge in [0.25, 0.3) is 11.5 Å². The van der Waals surface area contributed by atoms with Crippen LogP contribution in [0.1, 0.15) is 48.9 Å². The van der Waals surface area contributed by atoms with E-state index >= 15 is 0 Å². The third-order valence-electron chi connectivity index (χ3n) is 6.20. The zero-order valence-corrected chi connectivity index (χ0v) is 19.8. The Labute approximate surface area is 190 Å². The molecule has 1 amide bonds. The molecule has 0 aromatic carbocycles. The zero-order valence-electron chi connectivity index (χ0n) is 18.2. The third-order valence-corrected chi connectivity index (χ3v) is 9.14. The van der Waals surface area contributed by atoms with Gasteiger partial charge in [-0.15, -0.1) is 11.3 Å². The van der Waals surface area contributed by atoms with Gasteiger partial charge in [0, 0.05) is 24.4 Å². The number of hydrogen-bond donors (Lipinski definition) is 1. The van der Waals surface area contributed by atoms with Gasteiger partial charge in [-0.2, -0.15) is 0 Å². The zero-order chi connectivity index (χ0) is 23.0. The Hall–Kier alpha value is -2.27. The number of ether oxygens (including phenoxy) is 1. The van der Waals surface area contributed by atoms with Crippen molar-refractivity contribution in [1.82, 2.24) is 14.9 Å². The van der Waals surface area contributed by atoms with Crippen molar-refractivity contribution in [3.8, 4) is 0 Å². The SMILES string of the molecule is C[C@H](OC(=O)CCc1nc2sc3c(c2c(=O)[nH]1)CCCC3)C(=O)N(C)[C@H]1CCS(=O)(=O)C1. The number of nitrogens with zero attached hydrogens (tertiary/aromatic N) is 2. The molecule has 0 unspecified atom stereocenters. The van der Waals surface area contributed by atoms with Crippen molar-refractivity contribution in [2.75, 3.05) is 18.6 Å². The van der Waals surface area contributed by atoms with Crippen LogP contribution >= 0.6 is 11.3 Å². The molecule has 0 saturated carbocycles. The molecule has 9 nitrogen and oxygen atoms in total. The van der Waals surface area contributed by atoms with Gasteiger partial charge in [-0.05, 0) is 44.6 Å². The predicted molar refractivity (Wildman–Crippen MR) is 121 cm³/mol. The molecule has 1 saturated heterocycles. The van der Waals surface area contributed by atoms with E-state index in [0.717, 1.165) is 31.2 Å². The molecule has 32 heavy (non-hydrogen) atoms. The Kier molecular flexibility index (Phi) is 6.39. The summed E-state index contributed by atoms with van der Waals surface area (Å²) >= 11 is 1.55. The average molecular weight is 482 g/mol. The second-order valence-electron chi connectivity index (χ2n) is 8.54. The lowest BCUT2D eigenvalue weighted by molar-refractivity contribution is -0.159. The van der Waals surface area contributed by atoms with E-state index in [2.05, 4.69) is 9.97 Å². The lowest BCUT2D eigenvalue weighted by Gasteiger charge is -2.26. The van der Waals surface area contributed by atoms with Crippen LogP contribution in [0, 0.1) is 0 Å². The summed E-state index contributed by atoms with van der Waals surface area (Å²) < 4.78 is 28.5. The lowest BCUT2D eigenvalue weighted by Crippen LogP contribution is -2.44. The summed E-state index contributed by atoms with van der Waals surface area (Å²) in [6.45, 7) is 1.47. The minimum atomic E-state index is -3.12. The van der Waals surface area contributed by atoms with Crippen molar-refractivity contribution in [3.63, 3.8) is 0 Å². The van der Waals surface area contributed by atoms with Gasteiger partial charge in [-0.25, -0.2) is 13.4 Å². The third kappa shape index (κ3) is 4.73. The number of aryl methyl sites for hydroxylation is 3. The predicted octanol–water partition coefficient (Wildman–Crippen LogP) is 1.37. The Morgan fingerprint density at radius 3 is 2.78 bits per heavy atom. The quantitative estimate of drug-likeness (QED) is 0.618. The fraction of sp³-hybridized carbons (Fsp3) is 0.619. The molecule has 0 radical (unpaired) electrons. The summed E-state index contributed by atoms with van der Waals surface area (Å²) in [6, 6.07) is -0.397. The average Bonchev–Trinajstić information content (AvgIpc) is 3.30. The molecule has 1 aliphatic carbocycles. The van der Waals surface area contributed by atoms with E-state index in [1.54, 1.807) is 11.3 Å². The minimum absolute atomic E-state index is 0.0291. The highest BCUT2D eigenvalue weighted by Crippen LogP contribution is 2.33. The number of thiophene rings is 1. The molecule has 1 fully saturated rings. The number of nitrogens with one attached hydrogen (secondary N) is 1. The monoisotopic (exact) mass is 481 g/mol. The molecule has 1 aliphatic heterocycles. The number of rotatable bonds is 6. The van der Waals surface area contributed by atoms with Crippen LogP contribution < -0.4 is 5.56 Å². The number of amides is 1. The number of carbonyl (C=O) groups excluding carboxylic acids is 2. The number of likely N-dealkylation sites (N-methyl/N-ethyl adjacent to an activating group) is 1. The minimum Gasteiger partial charge on any atom is -0.453 e. The normalized spacial score (nSPS) is 20.6. The maximum absolute atomic E-state index is 12.6. The number of fused-ring (bicyclic) bond motifs is 3. The van der Waals surface area contributed by atoms with Gasteiger partial charge in [0.2, 0.25) is 0 Å². The van der Waals surface area contributed by atoms with Crippen LogP contribution in [0.4, 0.5) is 0 Å². The van der Waals surface area contributed by atoms with Gasteiger partial charge < -0.3 is 14.6 Å². The number of hydrogen-bond acceptors (Lipinski definition) is 8. The molecule has 2 aromatic heterocycles. The molecular formula is C21H27N3O6S2. The lowest BCUT2D eigenvalue weighted by atomic mass is 9.97. The highest BCUT2D eigenvalue weighted by Gasteiger charge is 2.35. The molecule has 2 aliphatic rings. The Morgan fingerprint density at radius 1 is 1.31 bits per heavy atom. The largest absolute Gasteiger partial charge is 0.453 e. The summed E-state index contributed by atoms with van der Waals surface area (Å²) in [5, 5.41) is 0.673. The van der Waals surface area contributed by atoms with Gasteiger partial charge in [-0.3, -0.25) is 14.4 Å². The van der Waals surface area contributed by atoms with Crippen molar-refractivity contribution < 1.29 is 22.7 Å². The highest BCUT2D eigenvalue weighted by atomic mass is 32.2. The summed E-state index contributed by atoms with van der Waals surface area (Å²) in [7, 11) is -1.59. The van der Waals surface area contributed by atoms with Gasteiger partial charge in [-0.1, -0.05) is 0 Å². The van der Waals surface area contributed by atoms with Gasteiger partial charge >= 0.3 is 5.97 Å². The Bertz CT molecular complexity index is 1220. The van der Waals surface area contributed by atoms with Crippen LogP contribution in [0.25, 0.3) is 10.2 Å². The number of aromatic amines is 1. The van der Waals surface area contributed by atoms with Crippen LogP contribution in [0.15, 0.2) is 4.79 Å². The summed E-state index contributed by atoms with van der Waals surface area (Å²) in [5.41, 5.74) is 0.942. The van der Waals surface area contributed by atoms with Crippen molar-refractivity contribution in [3.05, 3.63) is 26.6 Å². The smallest absolute Gasteiger partial charge is 0.307 e. The van der Waals surface area contributed by atoms with Gasteiger partial charge in [0.1, 0.15) is 10.7 Å². The topological polar surface area (TPSA) is 126 Å². The second kappa shape index (κ2) is 8.93. The first-order valence-electron chi connectivity index (χ1n) is 10.8. The molecule has 174 valence electrons. The molecule has 0 bridgehead atoms. The van der Waals surface area contributed by atoms with Crippen molar-refractivity contribution in [2.24, 2.45) is 0 Å². The van der Waals surface area contributed by atoms with Gasteiger partial charge in [0.15, 0.2) is 15.9 Å². The fourth-order valence-corrected chi connectivity index (χ4v) is 7.46. The molecule has 2 aromatic rings. The molecule has 1 N–H and O–H groups in total. The van der Waals surface area contributed by atoms with E-state index < -0.39 is 33.9 Å². The molecular weight excluding hydrogens is 454 g/mol. The number of sulfone groups is 1. The maximum atomic E-state index is 12.6. The summed E-state index contributed by atoms with van der Waals surface area (Å²) in [6.07, 6.45) is 3.62. The van der Waals surface area contributed by atoms with Crippen molar-refractivity contribution in [2.45, 2.75) is 64.0 Å². The van der Waals surface area contributed by atoms with Crippen LogP contribution in [0.2, 0.25) is 0 Å². The van der Waals surface area contributed by atoms with E-state index in [-0.39, 0.29) is 29.9 Å². The van der Waals surface area contributed by atoms with E-state index in [1.165, 1.54) is 23.7 Å². The standard InChI is InChI=1S/C21H27N3O6S2/c1-12(21(27)24(2)13-9-10-32(28,29)11-13)30-17(25)8-7-16-22-19(26)18-14-5-3-4-6-15(14)31-20(18)23-16/h12-13H,3-11H2,1-2H3,(H,22,23,26)/t12-,13-/m0/s1. The number of carbonyl (C=O) groups is 2. The first-order valence-corrected chi connectivity index (χ1v) is 13.5. The van der Waals surface area contributed by atoms with E-state index in [1.807, 2.05) is 0 Å². The second-order valence-corrected chi connectivity index (χ2v) is 11.9. The van der Waals surface area contributed by atoms with Crippen LogP contribution in [-0.4, -0.2) is 65.9 Å². The first-order chi connectivity index (χ1) is 15.1. The maximum Gasteiger partial charge on any atom is 0.307 e. The van der Waals surface area contributed by atoms with Crippen LogP contribution in [-0.2, 0) is 43.4 Å². The van der Waals surface area contributed by atoms with E-state index in [4.69, 9.17) is 4.74 Å². The van der Waals surface area contributed by atoms with E-state index in [0.29, 0.717) is 22.5 Å². The molecule has 2 atom stereocenters. The Morgan fingerprint density at radius 2 is 2.06 bits per heavy atom. The number of H-pyrrole nitrogens is 1. The van der Waals surface area contributed by atoms with Crippen LogP contribution in [0.5, 0.6) is 0 Å².